The molecule has 0 aromatic heterocycles. The van der Waals surface area contributed by atoms with Crippen LogP contribution >= 0.6 is 0 Å². The standard InChI is InChI=1S/C22H28N2O2/c25-22(13-12-19-8-3-1-4-9-19)23-14-7-15-24-16-17-26-21(18-24)20-10-5-2-6-11-20/h1-6,8-11,21H,7,12-18H2,(H,23,25)/t21-/m0/s1. The van der Waals surface area contributed by atoms with E-state index in [1.165, 1.54) is 11.1 Å². The molecular formula is C22H28N2O2. The van der Waals surface area contributed by atoms with Gasteiger partial charge in [0.25, 0.3) is 0 Å². The van der Waals surface area contributed by atoms with Crippen LogP contribution in [0.1, 0.15) is 30.1 Å². The average Bonchev–Trinajstić information content (AvgIpc) is 2.71. The molecule has 0 saturated carbocycles. The molecule has 0 aliphatic carbocycles. The third-order valence-corrected chi connectivity index (χ3v) is 4.78. The fourth-order valence-corrected chi connectivity index (χ4v) is 3.30. The summed E-state index contributed by atoms with van der Waals surface area (Å²) in [5, 5.41) is 3.04. The zero-order valence-corrected chi connectivity index (χ0v) is 15.3. The van der Waals surface area contributed by atoms with Crippen LogP contribution in [0.5, 0.6) is 0 Å². The summed E-state index contributed by atoms with van der Waals surface area (Å²) in [4.78, 5) is 14.4. The van der Waals surface area contributed by atoms with E-state index in [-0.39, 0.29) is 12.0 Å². The van der Waals surface area contributed by atoms with Crippen LogP contribution in [-0.4, -0.2) is 43.6 Å². The minimum Gasteiger partial charge on any atom is -0.371 e. The molecule has 0 spiro atoms. The smallest absolute Gasteiger partial charge is 0.220 e. The Hall–Kier alpha value is -2.17. The lowest BCUT2D eigenvalue weighted by Gasteiger charge is -2.33. The van der Waals surface area contributed by atoms with Gasteiger partial charge in [-0.05, 0) is 24.0 Å². The predicted molar refractivity (Wildman–Crippen MR) is 104 cm³/mol. The second-order valence-electron chi connectivity index (χ2n) is 6.76. The quantitative estimate of drug-likeness (QED) is 0.742. The van der Waals surface area contributed by atoms with Crippen LogP contribution in [0.15, 0.2) is 60.7 Å². The Kier molecular flexibility index (Phi) is 7.23. The van der Waals surface area contributed by atoms with Crippen molar-refractivity contribution in [2.24, 2.45) is 0 Å². The zero-order valence-electron chi connectivity index (χ0n) is 15.3. The summed E-state index contributed by atoms with van der Waals surface area (Å²) in [6, 6.07) is 20.6. The minimum absolute atomic E-state index is 0.137. The summed E-state index contributed by atoms with van der Waals surface area (Å²) < 4.78 is 5.90. The molecule has 1 N–H and O–H groups in total. The fraction of sp³-hybridized carbons (Fsp3) is 0.409. The molecule has 0 unspecified atom stereocenters. The van der Waals surface area contributed by atoms with E-state index in [2.05, 4.69) is 46.6 Å². The molecule has 2 aromatic carbocycles. The second kappa shape index (κ2) is 10.1. The maximum absolute atomic E-state index is 12.0. The Morgan fingerprint density at radius 2 is 1.81 bits per heavy atom. The molecule has 138 valence electrons. The number of rotatable bonds is 8. The normalized spacial score (nSPS) is 17.8. The van der Waals surface area contributed by atoms with Crippen molar-refractivity contribution in [2.75, 3.05) is 32.8 Å². The van der Waals surface area contributed by atoms with Gasteiger partial charge in [0, 0.05) is 32.6 Å². The molecule has 1 aliphatic heterocycles. The SMILES string of the molecule is O=C(CCc1ccccc1)NCCCN1CCO[C@H](c2ccccc2)C1. The molecule has 1 saturated heterocycles. The predicted octanol–water partition coefficient (Wildman–Crippen LogP) is 3.20. The summed E-state index contributed by atoms with van der Waals surface area (Å²) >= 11 is 0. The van der Waals surface area contributed by atoms with Gasteiger partial charge >= 0.3 is 0 Å². The molecular weight excluding hydrogens is 324 g/mol. The van der Waals surface area contributed by atoms with Gasteiger partial charge in [0.1, 0.15) is 0 Å². The highest BCUT2D eigenvalue weighted by Gasteiger charge is 2.21. The Bertz CT molecular complexity index is 660. The highest BCUT2D eigenvalue weighted by atomic mass is 16.5. The van der Waals surface area contributed by atoms with Gasteiger partial charge in [-0.25, -0.2) is 0 Å². The number of benzene rings is 2. The highest BCUT2D eigenvalue weighted by Crippen LogP contribution is 2.21. The van der Waals surface area contributed by atoms with E-state index in [9.17, 15) is 4.79 Å². The maximum atomic E-state index is 12.0. The number of amides is 1. The number of hydrogen-bond acceptors (Lipinski definition) is 3. The van der Waals surface area contributed by atoms with Crippen molar-refractivity contribution >= 4 is 5.91 Å². The lowest BCUT2D eigenvalue weighted by molar-refractivity contribution is -0.121. The van der Waals surface area contributed by atoms with Gasteiger partial charge in [-0.15, -0.1) is 0 Å². The first-order valence-corrected chi connectivity index (χ1v) is 9.51. The van der Waals surface area contributed by atoms with Crippen molar-refractivity contribution in [3.05, 3.63) is 71.8 Å². The number of nitrogens with one attached hydrogen (secondary N) is 1. The van der Waals surface area contributed by atoms with Gasteiger partial charge in [-0.2, -0.15) is 0 Å². The molecule has 1 atom stereocenters. The molecule has 1 heterocycles. The Morgan fingerprint density at radius 3 is 2.58 bits per heavy atom. The molecule has 4 nitrogen and oxygen atoms in total. The number of aryl methyl sites for hydroxylation is 1. The molecule has 2 aromatic rings. The van der Waals surface area contributed by atoms with Crippen molar-refractivity contribution in [3.63, 3.8) is 0 Å². The van der Waals surface area contributed by atoms with Crippen molar-refractivity contribution in [2.45, 2.75) is 25.4 Å². The summed E-state index contributed by atoms with van der Waals surface area (Å²) in [7, 11) is 0. The van der Waals surface area contributed by atoms with Crippen LogP contribution in [0.2, 0.25) is 0 Å². The molecule has 3 rings (SSSR count). The summed E-state index contributed by atoms with van der Waals surface area (Å²) in [6.07, 6.45) is 2.48. The van der Waals surface area contributed by atoms with Crippen molar-refractivity contribution < 1.29 is 9.53 Å². The van der Waals surface area contributed by atoms with Crippen LogP contribution in [0.4, 0.5) is 0 Å². The molecule has 26 heavy (non-hydrogen) atoms. The van der Waals surface area contributed by atoms with E-state index in [0.717, 1.165) is 45.6 Å². The Labute approximate surface area is 156 Å². The number of carbonyl (C=O) groups excluding carboxylic acids is 1. The zero-order chi connectivity index (χ0) is 18.0. The Morgan fingerprint density at radius 1 is 1.08 bits per heavy atom. The summed E-state index contributed by atoms with van der Waals surface area (Å²) in [5.74, 6) is 0.137. The van der Waals surface area contributed by atoms with Crippen molar-refractivity contribution in [3.8, 4) is 0 Å². The first-order chi connectivity index (χ1) is 12.8. The lowest BCUT2D eigenvalue weighted by Crippen LogP contribution is -2.39. The molecule has 1 aliphatic rings. The van der Waals surface area contributed by atoms with Crippen LogP contribution in [0, 0.1) is 0 Å². The first kappa shape index (κ1) is 18.6. The van der Waals surface area contributed by atoms with Gasteiger partial charge in [0.2, 0.25) is 5.91 Å². The van der Waals surface area contributed by atoms with E-state index in [0.29, 0.717) is 6.42 Å². The minimum atomic E-state index is 0.137. The van der Waals surface area contributed by atoms with Crippen LogP contribution in [0.25, 0.3) is 0 Å². The van der Waals surface area contributed by atoms with Gasteiger partial charge in [-0.3, -0.25) is 9.69 Å². The molecule has 1 amide bonds. The molecule has 0 bridgehead atoms. The highest BCUT2D eigenvalue weighted by molar-refractivity contribution is 5.76. The number of carbonyl (C=O) groups is 1. The maximum Gasteiger partial charge on any atom is 0.220 e. The fourth-order valence-electron chi connectivity index (χ4n) is 3.30. The van der Waals surface area contributed by atoms with E-state index in [1.54, 1.807) is 0 Å². The van der Waals surface area contributed by atoms with E-state index >= 15 is 0 Å². The molecule has 1 fully saturated rings. The third-order valence-electron chi connectivity index (χ3n) is 4.78. The van der Waals surface area contributed by atoms with E-state index in [1.807, 2.05) is 24.3 Å². The van der Waals surface area contributed by atoms with E-state index in [4.69, 9.17) is 4.74 Å². The average molecular weight is 352 g/mol. The van der Waals surface area contributed by atoms with E-state index < -0.39 is 0 Å². The molecule has 4 heteroatoms. The van der Waals surface area contributed by atoms with Gasteiger partial charge in [0.05, 0.1) is 12.7 Å². The summed E-state index contributed by atoms with van der Waals surface area (Å²) in [6.45, 7) is 4.38. The Balaban J connectivity index is 1.31. The second-order valence-corrected chi connectivity index (χ2v) is 6.76. The van der Waals surface area contributed by atoms with Gasteiger partial charge < -0.3 is 10.1 Å². The number of ether oxygens (including phenoxy) is 1. The topological polar surface area (TPSA) is 41.6 Å². The first-order valence-electron chi connectivity index (χ1n) is 9.51. The lowest BCUT2D eigenvalue weighted by atomic mass is 10.1. The third kappa shape index (κ3) is 5.97. The monoisotopic (exact) mass is 352 g/mol. The van der Waals surface area contributed by atoms with Gasteiger partial charge in [-0.1, -0.05) is 60.7 Å². The number of morpholine rings is 1. The number of hydrogen-bond donors (Lipinski definition) is 1. The van der Waals surface area contributed by atoms with Crippen LogP contribution in [-0.2, 0) is 16.0 Å². The largest absolute Gasteiger partial charge is 0.371 e. The molecule has 0 radical (unpaired) electrons. The van der Waals surface area contributed by atoms with Crippen LogP contribution in [0.3, 0.4) is 0 Å². The van der Waals surface area contributed by atoms with Gasteiger partial charge in [0.15, 0.2) is 0 Å². The van der Waals surface area contributed by atoms with Crippen molar-refractivity contribution in [1.82, 2.24) is 10.2 Å². The van der Waals surface area contributed by atoms with Crippen molar-refractivity contribution in [1.29, 1.82) is 0 Å². The number of nitrogens with zero attached hydrogens (tertiary/aromatic N) is 1. The summed E-state index contributed by atoms with van der Waals surface area (Å²) in [5.41, 5.74) is 2.45. The van der Waals surface area contributed by atoms with Crippen LogP contribution < -0.4 is 5.32 Å².